The fraction of sp³-hybridized carbons (Fsp3) is 0.321. The zero-order chi connectivity index (χ0) is 22.5. The number of ether oxygens (including phenoxy) is 1. The highest BCUT2D eigenvalue weighted by atomic mass is 35.5. The van der Waals surface area contributed by atoms with E-state index in [0.717, 1.165) is 41.5 Å². The Kier molecular flexibility index (Phi) is 7.16. The van der Waals surface area contributed by atoms with Gasteiger partial charge in [0.1, 0.15) is 11.6 Å². The van der Waals surface area contributed by atoms with Crippen LogP contribution in [-0.2, 0) is 13.0 Å². The maximum Gasteiger partial charge on any atom is 0.119 e. The van der Waals surface area contributed by atoms with E-state index < -0.39 is 0 Å². The summed E-state index contributed by atoms with van der Waals surface area (Å²) in [5.41, 5.74) is 4.91. The third kappa shape index (κ3) is 5.34. The van der Waals surface area contributed by atoms with E-state index >= 15 is 0 Å². The lowest BCUT2D eigenvalue weighted by Gasteiger charge is -2.16. The molecule has 0 amide bonds. The van der Waals surface area contributed by atoms with Gasteiger partial charge in [0, 0.05) is 17.5 Å². The first-order chi connectivity index (χ1) is 15.5. The molecule has 1 heterocycles. The van der Waals surface area contributed by atoms with Gasteiger partial charge < -0.3 is 9.30 Å². The predicted octanol–water partition coefficient (Wildman–Crippen LogP) is 7.51. The lowest BCUT2D eigenvalue weighted by atomic mass is 9.96. The van der Waals surface area contributed by atoms with Gasteiger partial charge in [-0.05, 0) is 66.3 Å². The molecule has 1 atom stereocenters. The van der Waals surface area contributed by atoms with Gasteiger partial charge >= 0.3 is 0 Å². The molecule has 0 saturated heterocycles. The smallest absolute Gasteiger partial charge is 0.119 e. The van der Waals surface area contributed by atoms with Gasteiger partial charge in [-0.15, -0.1) is 0 Å². The van der Waals surface area contributed by atoms with E-state index in [0.29, 0.717) is 12.5 Å². The molecule has 4 aromatic rings. The lowest BCUT2D eigenvalue weighted by Crippen LogP contribution is -2.11. The number of para-hydroxylation sites is 2. The lowest BCUT2D eigenvalue weighted by molar-refractivity contribution is 0.301. The zero-order valence-electron chi connectivity index (χ0n) is 19.1. The minimum absolute atomic E-state index is 0.215. The van der Waals surface area contributed by atoms with E-state index in [1.165, 1.54) is 16.6 Å². The Hall–Kier alpha value is -2.78. The Labute approximate surface area is 196 Å². The van der Waals surface area contributed by atoms with Crippen LogP contribution in [-0.4, -0.2) is 16.2 Å². The van der Waals surface area contributed by atoms with E-state index in [9.17, 15) is 0 Å². The first kappa shape index (κ1) is 22.4. The molecule has 0 saturated carbocycles. The maximum absolute atomic E-state index is 5.96. The van der Waals surface area contributed by atoms with Crippen LogP contribution in [0.5, 0.6) is 5.75 Å². The number of hydrogen-bond acceptors (Lipinski definition) is 2. The molecule has 0 unspecified atom stereocenters. The van der Waals surface area contributed by atoms with Gasteiger partial charge in [-0.1, -0.05) is 68.8 Å². The summed E-state index contributed by atoms with van der Waals surface area (Å²) in [7, 11) is 0. The van der Waals surface area contributed by atoms with Crippen LogP contribution in [0.4, 0.5) is 0 Å². The Morgan fingerprint density at radius 3 is 2.34 bits per heavy atom. The normalized spacial score (nSPS) is 12.4. The molecule has 32 heavy (non-hydrogen) atoms. The Bertz CT molecular complexity index is 1150. The molecule has 3 nitrogen and oxygen atoms in total. The minimum Gasteiger partial charge on any atom is -0.494 e. The molecule has 0 aliphatic heterocycles. The number of nitrogens with zero attached hydrogens (tertiary/aromatic N) is 2. The van der Waals surface area contributed by atoms with Crippen LogP contribution in [0.1, 0.15) is 50.1 Å². The summed E-state index contributed by atoms with van der Waals surface area (Å²) in [6.07, 6.45) is 2.01. The maximum atomic E-state index is 5.96. The fourth-order valence-electron chi connectivity index (χ4n) is 4.17. The highest BCUT2D eigenvalue weighted by Gasteiger charge is 2.18. The molecule has 0 aliphatic carbocycles. The molecule has 0 N–H and O–H groups in total. The van der Waals surface area contributed by atoms with Crippen molar-refractivity contribution in [3.05, 3.63) is 94.8 Å². The first-order valence-electron chi connectivity index (χ1n) is 11.4. The predicted molar refractivity (Wildman–Crippen MR) is 134 cm³/mol. The van der Waals surface area contributed by atoms with Gasteiger partial charge in [0.15, 0.2) is 0 Å². The highest BCUT2D eigenvalue weighted by Crippen LogP contribution is 2.28. The number of rotatable bonds is 9. The monoisotopic (exact) mass is 446 g/mol. The number of hydrogen-bond donors (Lipinski definition) is 0. The van der Waals surface area contributed by atoms with Crippen molar-refractivity contribution < 1.29 is 4.74 Å². The second kappa shape index (κ2) is 10.2. The number of aryl methyl sites for hydroxylation is 1. The number of halogens is 1. The third-order valence-electron chi connectivity index (χ3n) is 5.80. The van der Waals surface area contributed by atoms with Crippen molar-refractivity contribution in [1.82, 2.24) is 9.55 Å². The Balaban J connectivity index is 1.51. The van der Waals surface area contributed by atoms with Crippen LogP contribution < -0.4 is 4.74 Å². The summed E-state index contributed by atoms with van der Waals surface area (Å²) in [5.74, 6) is 2.83. The molecule has 0 fully saturated rings. The van der Waals surface area contributed by atoms with Crippen molar-refractivity contribution >= 4 is 22.6 Å². The first-order valence-corrected chi connectivity index (χ1v) is 11.8. The molecule has 0 bridgehead atoms. The number of benzene rings is 3. The fourth-order valence-corrected chi connectivity index (χ4v) is 4.29. The van der Waals surface area contributed by atoms with Crippen LogP contribution in [0.2, 0.25) is 5.02 Å². The molecule has 4 heteroatoms. The Morgan fingerprint density at radius 1 is 0.906 bits per heavy atom. The molecule has 3 aromatic carbocycles. The number of imidazole rings is 1. The highest BCUT2D eigenvalue weighted by molar-refractivity contribution is 6.30. The third-order valence-corrected chi connectivity index (χ3v) is 6.06. The topological polar surface area (TPSA) is 27.1 Å². The summed E-state index contributed by atoms with van der Waals surface area (Å²) in [4.78, 5) is 5.01. The molecule has 166 valence electrons. The largest absolute Gasteiger partial charge is 0.494 e. The molecule has 0 radical (unpaired) electrons. The molecule has 0 spiro atoms. The molecular weight excluding hydrogens is 416 g/mol. The number of aromatic nitrogens is 2. The van der Waals surface area contributed by atoms with Crippen LogP contribution >= 0.6 is 11.6 Å². The van der Waals surface area contributed by atoms with Gasteiger partial charge in [-0.3, -0.25) is 0 Å². The second-order valence-corrected chi connectivity index (χ2v) is 9.26. The van der Waals surface area contributed by atoms with Crippen molar-refractivity contribution in [2.45, 2.75) is 46.1 Å². The van der Waals surface area contributed by atoms with E-state index in [1.54, 1.807) is 0 Å². The van der Waals surface area contributed by atoms with Crippen molar-refractivity contribution in [1.29, 1.82) is 0 Å². The molecule has 0 aliphatic rings. The molecule has 4 rings (SSSR count). The number of fused-ring (bicyclic) bond motifs is 1. The van der Waals surface area contributed by atoms with E-state index in [-0.39, 0.29) is 5.92 Å². The van der Waals surface area contributed by atoms with Crippen molar-refractivity contribution in [2.24, 2.45) is 5.92 Å². The van der Waals surface area contributed by atoms with Crippen LogP contribution in [0.25, 0.3) is 11.0 Å². The van der Waals surface area contributed by atoms with Gasteiger partial charge in [-0.25, -0.2) is 4.98 Å². The van der Waals surface area contributed by atoms with Crippen molar-refractivity contribution in [2.75, 3.05) is 6.61 Å². The summed E-state index contributed by atoms with van der Waals surface area (Å²) < 4.78 is 8.26. The van der Waals surface area contributed by atoms with Crippen LogP contribution in [0, 0.1) is 5.92 Å². The van der Waals surface area contributed by atoms with E-state index in [2.05, 4.69) is 73.9 Å². The van der Waals surface area contributed by atoms with Gasteiger partial charge in [-0.2, -0.15) is 0 Å². The van der Waals surface area contributed by atoms with Gasteiger partial charge in [0.25, 0.3) is 0 Å². The summed E-state index contributed by atoms with van der Waals surface area (Å²) >= 11 is 5.96. The SMILES string of the molecule is CC(C)Cc1ccc([C@H](C)c2nc3ccccc3n2CCCOc2ccc(Cl)cc2)cc1. The summed E-state index contributed by atoms with van der Waals surface area (Å²) in [6, 6.07) is 25.0. The van der Waals surface area contributed by atoms with Crippen LogP contribution in [0.3, 0.4) is 0 Å². The van der Waals surface area contributed by atoms with Crippen molar-refractivity contribution in [3.63, 3.8) is 0 Å². The van der Waals surface area contributed by atoms with Crippen molar-refractivity contribution in [3.8, 4) is 5.75 Å². The average Bonchev–Trinajstić information content (AvgIpc) is 3.16. The van der Waals surface area contributed by atoms with E-state index in [1.807, 2.05) is 24.3 Å². The zero-order valence-corrected chi connectivity index (χ0v) is 19.8. The Morgan fingerprint density at radius 2 is 1.62 bits per heavy atom. The summed E-state index contributed by atoms with van der Waals surface area (Å²) in [6.45, 7) is 8.27. The summed E-state index contributed by atoms with van der Waals surface area (Å²) in [5, 5.41) is 0.720. The quantitative estimate of drug-likeness (QED) is 0.249. The average molecular weight is 447 g/mol. The standard InChI is InChI=1S/C28H31ClN2O/c1-20(2)19-22-9-11-23(12-10-22)21(3)28-30-26-7-4-5-8-27(26)31(28)17-6-18-32-25-15-13-24(29)14-16-25/h4-5,7-16,20-21H,6,17-19H2,1-3H3/t21-/m0/s1. The molecule has 1 aromatic heterocycles. The minimum atomic E-state index is 0.215. The van der Waals surface area contributed by atoms with Gasteiger partial charge in [0.05, 0.1) is 17.6 Å². The molecular formula is C28H31ClN2O. The van der Waals surface area contributed by atoms with Crippen LogP contribution in [0.15, 0.2) is 72.8 Å². The van der Waals surface area contributed by atoms with Gasteiger partial charge in [0.2, 0.25) is 0 Å². The second-order valence-electron chi connectivity index (χ2n) is 8.83. The van der Waals surface area contributed by atoms with E-state index in [4.69, 9.17) is 21.3 Å².